The molecule has 1 nitrogen and oxygen atoms in total. The molecule has 0 fully saturated rings. The second-order valence-corrected chi connectivity index (χ2v) is 3.66. The molecule has 0 bridgehead atoms. The largest absolute Gasteiger partial charge is 0.380 e. The fraction of sp³-hybridized carbons (Fsp3) is 0.455. The summed E-state index contributed by atoms with van der Waals surface area (Å²) in [6.45, 7) is 6.27. The minimum Gasteiger partial charge on any atom is -0.380 e. The van der Waals surface area contributed by atoms with E-state index >= 15 is 0 Å². The Kier molecular flexibility index (Phi) is 3.29. The van der Waals surface area contributed by atoms with Crippen molar-refractivity contribution in [2.75, 3.05) is 5.32 Å². The molecule has 1 rings (SSSR count). The van der Waals surface area contributed by atoms with Crippen LogP contribution in [0.3, 0.4) is 0 Å². The molecule has 0 heterocycles. The van der Waals surface area contributed by atoms with E-state index in [1.807, 2.05) is 6.07 Å². The van der Waals surface area contributed by atoms with E-state index in [0.717, 1.165) is 0 Å². The molecule has 13 heavy (non-hydrogen) atoms. The fourth-order valence-electron chi connectivity index (χ4n) is 0.990. The van der Waals surface area contributed by atoms with Crippen LogP contribution in [0.4, 0.5) is 10.1 Å². The number of nitrogens with one attached hydrogen (secondary N) is 1. The van der Waals surface area contributed by atoms with Crippen molar-refractivity contribution in [1.82, 2.24) is 0 Å². The SMILES string of the molecule is CC(C)[C@@H](C)Nc1ccccc1F. The van der Waals surface area contributed by atoms with E-state index in [9.17, 15) is 4.39 Å². The van der Waals surface area contributed by atoms with Crippen molar-refractivity contribution in [2.24, 2.45) is 5.92 Å². The van der Waals surface area contributed by atoms with Crippen LogP contribution in [0.2, 0.25) is 0 Å². The maximum atomic E-state index is 13.2. The molecule has 72 valence electrons. The molecule has 1 aromatic carbocycles. The summed E-state index contributed by atoms with van der Waals surface area (Å²) in [4.78, 5) is 0. The highest BCUT2D eigenvalue weighted by atomic mass is 19.1. The van der Waals surface area contributed by atoms with Gasteiger partial charge < -0.3 is 5.32 Å². The summed E-state index contributed by atoms with van der Waals surface area (Å²) in [5, 5.41) is 3.13. The molecule has 2 heteroatoms. The molecule has 0 amide bonds. The fourth-order valence-corrected chi connectivity index (χ4v) is 0.990. The zero-order chi connectivity index (χ0) is 9.84. The topological polar surface area (TPSA) is 12.0 Å². The molecule has 0 spiro atoms. The van der Waals surface area contributed by atoms with Gasteiger partial charge in [0.25, 0.3) is 0 Å². The Hall–Kier alpha value is -1.05. The van der Waals surface area contributed by atoms with E-state index in [2.05, 4.69) is 26.1 Å². The van der Waals surface area contributed by atoms with Crippen LogP contribution >= 0.6 is 0 Å². The lowest BCUT2D eigenvalue weighted by molar-refractivity contribution is 0.552. The van der Waals surface area contributed by atoms with Crippen molar-refractivity contribution in [3.8, 4) is 0 Å². The number of hydrogen-bond donors (Lipinski definition) is 1. The molecule has 1 N–H and O–H groups in total. The van der Waals surface area contributed by atoms with Crippen LogP contribution < -0.4 is 5.32 Å². The number of para-hydroxylation sites is 1. The number of halogens is 1. The van der Waals surface area contributed by atoms with Gasteiger partial charge in [-0.15, -0.1) is 0 Å². The quantitative estimate of drug-likeness (QED) is 0.754. The van der Waals surface area contributed by atoms with Crippen LogP contribution in [0.5, 0.6) is 0 Å². The lowest BCUT2D eigenvalue weighted by Crippen LogP contribution is -2.21. The second-order valence-electron chi connectivity index (χ2n) is 3.66. The molecule has 0 unspecified atom stereocenters. The minimum absolute atomic E-state index is 0.185. The Morgan fingerprint density at radius 2 is 1.77 bits per heavy atom. The Morgan fingerprint density at radius 1 is 1.15 bits per heavy atom. The van der Waals surface area contributed by atoms with Gasteiger partial charge in [0.2, 0.25) is 0 Å². The number of benzene rings is 1. The molecule has 0 radical (unpaired) electrons. The van der Waals surface area contributed by atoms with E-state index in [-0.39, 0.29) is 11.9 Å². The van der Waals surface area contributed by atoms with Gasteiger partial charge in [0, 0.05) is 6.04 Å². The van der Waals surface area contributed by atoms with Crippen molar-refractivity contribution in [3.05, 3.63) is 30.1 Å². The molecular formula is C11H16FN. The lowest BCUT2D eigenvalue weighted by atomic mass is 10.1. The monoisotopic (exact) mass is 181 g/mol. The van der Waals surface area contributed by atoms with Crippen molar-refractivity contribution < 1.29 is 4.39 Å². The third-order valence-corrected chi connectivity index (χ3v) is 2.26. The second kappa shape index (κ2) is 4.26. The molecule has 0 saturated heterocycles. The zero-order valence-corrected chi connectivity index (χ0v) is 8.34. The van der Waals surface area contributed by atoms with Gasteiger partial charge in [-0.1, -0.05) is 26.0 Å². The first kappa shape index (κ1) is 10.0. The van der Waals surface area contributed by atoms with E-state index in [1.165, 1.54) is 6.07 Å². The van der Waals surface area contributed by atoms with Crippen molar-refractivity contribution in [1.29, 1.82) is 0 Å². The zero-order valence-electron chi connectivity index (χ0n) is 8.34. The molecule has 1 atom stereocenters. The number of anilines is 1. The van der Waals surface area contributed by atoms with E-state index in [4.69, 9.17) is 0 Å². The highest BCUT2D eigenvalue weighted by Crippen LogP contribution is 2.15. The van der Waals surface area contributed by atoms with Gasteiger partial charge in [-0.25, -0.2) is 4.39 Å². The third-order valence-electron chi connectivity index (χ3n) is 2.26. The van der Waals surface area contributed by atoms with Crippen molar-refractivity contribution in [3.63, 3.8) is 0 Å². The van der Waals surface area contributed by atoms with E-state index in [1.54, 1.807) is 12.1 Å². The maximum absolute atomic E-state index is 13.2. The Morgan fingerprint density at radius 3 is 2.31 bits per heavy atom. The van der Waals surface area contributed by atoms with Crippen LogP contribution in [-0.2, 0) is 0 Å². The van der Waals surface area contributed by atoms with Gasteiger partial charge in [0.15, 0.2) is 0 Å². The molecule has 0 aliphatic carbocycles. The summed E-state index contributed by atoms with van der Waals surface area (Å²) in [6.07, 6.45) is 0. The normalized spacial score (nSPS) is 13.0. The first-order valence-electron chi connectivity index (χ1n) is 4.62. The van der Waals surface area contributed by atoms with Crippen molar-refractivity contribution >= 4 is 5.69 Å². The summed E-state index contributed by atoms with van der Waals surface area (Å²) in [5.41, 5.74) is 0.587. The number of hydrogen-bond acceptors (Lipinski definition) is 1. The van der Waals surface area contributed by atoms with E-state index in [0.29, 0.717) is 11.6 Å². The smallest absolute Gasteiger partial charge is 0.146 e. The molecule has 0 aliphatic heterocycles. The molecule has 0 saturated carbocycles. The van der Waals surface area contributed by atoms with Gasteiger partial charge in [-0.3, -0.25) is 0 Å². The van der Waals surface area contributed by atoms with Crippen LogP contribution in [0.25, 0.3) is 0 Å². The molecule has 1 aromatic rings. The standard InChI is InChI=1S/C11H16FN/c1-8(2)9(3)13-11-7-5-4-6-10(11)12/h4-9,13H,1-3H3/t9-/m1/s1. The summed E-state index contributed by atoms with van der Waals surface area (Å²) >= 11 is 0. The first-order valence-corrected chi connectivity index (χ1v) is 4.62. The average molecular weight is 181 g/mol. The summed E-state index contributed by atoms with van der Waals surface area (Å²) < 4.78 is 13.2. The number of rotatable bonds is 3. The maximum Gasteiger partial charge on any atom is 0.146 e. The van der Waals surface area contributed by atoms with Crippen LogP contribution in [0, 0.1) is 11.7 Å². The first-order chi connectivity index (χ1) is 6.11. The van der Waals surface area contributed by atoms with Crippen LogP contribution in [0.15, 0.2) is 24.3 Å². The highest BCUT2D eigenvalue weighted by molar-refractivity contribution is 5.45. The molecule has 0 aromatic heterocycles. The third kappa shape index (κ3) is 2.72. The summed E-state index contributed by atoms with van der Waals surface area (Å²) in [6, 6.07) is 7.04. The van der Waals surface area contributed by atoms with Gasteiger partial charge in [0.1, 0.15) is 5.82 Å². The highest BCUT2D eigenvalue weighted by Gasteiger charge is 2.08. The molecular weight excluding hydrogens is 165 g/mol. The average Bonchev–Trinajstić information content (AvgIpc) is 2.08. The summed E-state index contributed by atoms with van der Waals surface area (Å²) in [7, 11) is 0. The Balaban J connectivity index is 2.69. The predicted molar refractivity (Wildman–Crippen MR) is 54.3 cm³/mol. The van der Waals surface area contributed by atoms with Gasteiger partial charge >= 0.3 is 0 Å². The Labute approximate surface area is 79.0 Å². The van der Waals surface area contributed by atoms with Gasteiger partial charge in [-0.2, -0.15) is 0 Å². The van der Waals surface area contributed by atoms with E-state index < -0.39 is 0 Å². The van der Waals surface area contributed by atoms with Gasteiger partial charge in [0.05, 0.1) is 5.69 Å². The Bertz CT molecular complexity index is 271. The van der Waals surface area contributed by atoms with Crippen LogP contribution in [-0.4, -0.2) is 6.04 Å². The van der Waals surface area contributed by atoms with Crippen LogP contribution in [0.1, 0.15) is 20.8 Å². The van der Waals surface area contributed by atoms with Crippen molar-refractivity contribution in [2.45, 2.75) is 26.8 Å². The predicted octanol–water partition coefficient (Wildman–Crippen LogP) is 3.28. The summed E-state index contributed by atoms with van der Waals surface area (Å²) in [5.74, 6) is 0.314. The molecule has 0 aliphatic rings. The van der Waals surface area contributed by atoms with Gasteiger partial charge in [-0.05, 0) is 25.0 Å². The lowest BCUT2D eigenvalue weighted by Gasteiger charge is -2.18. The minimum atomic E-state index is -0.185.